The van der Waals surface area contributed by atoms with E-state index in [-0.39, 0.29) is 48.3 Å². The van der Waals surface area contributed by atoms with E-state index in [1.165, 1.54) is 30.6 Å². The van der Waals surface area contributed by atoms with Crippen molar-refractivity contribution >= 4 is 39.1 Å². The molecule has 13 heteroatoms. The van der Waals surface area contributed by atoms with E-state index in [0.29, 0.717) is 61.8 Å². The third-order valence-corrected chi connectivity index (χ3v) is 9.70. The minimum Gasteiger partial charge on any atom is -0.490 e. The van der Waals surface area contributed by atoms with Gasteiger partial charge in [-0.05, 0) is 43.4 Å². The van der Waals surface area contributed by atoms with Gasteiger partial charge in [-0.1, -0.05) is 6.58 Å². The minimum absolute atomic E-state index is 0.0267. The number of thiophene rings is 1. The average Bonchev–Trinajstić information content (AvgIpc) is 3.72. The van der Waals surface area contributed by atoms with Gasteiger partial charge >= 0.3 is 0 Å². The van der Waals surface area contributed by atoms with Crippen LogP contribution in [0.1, 0.15) is 31.5 Å². The molecule has 4 aromatic rings. The first kappa shape index (κ1) is 31.6. The van der Waals surface area contributed by atoms with Crippen molar-refractivity contribution in [3.63, 3.8) is 0 Å². The number of amides is 2. The molecular weight excluding hydrogens is 614 g/mol. The van der Waals surface area contributed by atoms with E-state index in [9.17, 15) is 14.0 Å². The van der Waals surface area contributed by atoms with Crippen LogP contribution in [0, 0.1) is 17.6 Å². The zero-order chi connectivity index (χ0) is 32.5. The van der Waals surface area contributed by atoms with Gasteiger partial charge < -0.3 is 24.6 Å². The quantitative estimate of drug-likeness (QED) is 0.197. The summed E-state index contributed by atoms with van der Waals surface area (Å²) in [5.41, 5.74) is 2.24. The first-order valence-corrected chi connectivity index (χ1v) is 16.1. The monoisotopic (exact) mass is 650 g/mol. The molecule has 0 aliphatic carbocycles. The number of fused-ring (bicyclic) bond motifs is 2. The van der Waals surface area contributed by atoms with Crippen molar-refractivity contribution in [2.24, 2.45) is 5.92 Å². The second-order valence-electron chi connectivity index (χ2n) is 11.4. The number of carbonyl (C=O) groups is 2. The number of halogens is 2. The number of methoxy groups -OCH3 is 1. The fraction of sp³-hybridized carbons (Fsp3) is 0.394. The smallest absolute Gasteiger partial charge is 0.246 e. The molecule has 1 aromatic carbocycles. The van der Waals surface area contributed by atoms with Crippen LogP contribution in [-0.2, 0) is 20.9 Å². The summed E-state index contributed by atoms with van der Waals surface area (Å²) in [5.74, 6) is -1.04. The summed E-state index contributed by atoms with van der Waals surface area (Å²) in [6.45, 7) is 8.03. The van der Waals surface area contributed by atoms with E-state index in [1.54, 1.807) is 11.9 Å². The van der Waals surface area contributed by atoms with Gasteiger partial charge in [-0.2, -0.15) is 5.10 Å². The van der Waals surface area contributed by atoms with Crippen LogP contribution in [0.4, 0.5) is 14.6 Å². The van der Waals surface area contributed by atoms with Gasteiger partial charge in [0.2, 0.25) is 11.8 Å². The van der Waals surface area contributed by atoms with Crippen LogP contribution in [0.25, 0.3) is 32.6 Å². The fourth-order valence-electron chi connectivity index (χ4n) is 6.40. The predicted octanol–water partition coefficient (Wildman–Crippen LogP) is 5.18. The highest BCUT2D eigenvalue weighted by Crippen LogP contribution is 2.47. The first-order chi connectivity index (χ1) is 22.2. The van der Waals surface area contributed by atoms with Crippen LogP contribution < -0.4 is 15.0 Å². The van der Waals surface area contributed by atoms with Gasteiger partial charge in [0, 0.05) is 67.5 Å². The SMILES string of the molecule is C=CC(=O)N1CCn2nc(-c3nc(N4CCC(C(=O)NC)CC4)c4ccsc4c3-c3c(F)cc(F)cc3OCCOC)cc2C1C. The van der Waals surface area contributed by atoms with E-state index in [1.807, 2.05) is 29.1 Å². The molecule has 1 unspecified atom stereocenters. The van der Waals surface area contributed by atoms with Gasteiger partial charge in [0.25, 0.3) is 0 Å². The second kappa shape index (κ2) is 13.2. The number of nitrogens with one attached hydrogen (secondary N) is 1. The minimum atomic E-state index is -0.788. The summed E-state index contributed by atoms with van der Waals surface area (Å²) >= 11 is 1.43. The van der Waals surface area contributed by atoms with E-state index in [4.69, 9.17) is 19.6 Å². The Morgan fingerprint density at radius 2 is 1.91 bits per heavy atom. The topological polar surface area (TPSA) is 102 Å². The van der Waals surface area contributed by atoms with Crippen LogP contribution >= 0.6 is 11.3 Å². The van der Waals surface area contributed by atoms with Crippen LogP contribution in [0.15, 0.2) is 42.3 Å². The number of hydrogen-bond acceptors (Lipinski definition) is 8. The van der Waals surface area contributed by atoms with Gasteiger partial charge in [0.1, 0.15) is 41.2 Å². The maximum absolute atomic E-state index is 16.0. The number of benzene rings is 1. The summed E-state index contributed by atoms with van der Waals surface area (Å²) in [6.07, 6.45) is 2.63. The highest BCUT2D eigenvalue weighted by atomic mass is 32.1. The van der Waals surface area contributed by atoms with Crippen molar-refractivity contribution in [2.45, 2.75) is 32.4 Å². The molecule has 242 valence electrons. The maximum atomic E-state index is 16.0. The van der Waals surface area contributed by atoms with Gasteiger partial charge in [0.05, 0.1) is 30.5 Å². The molecular formula is C33H36F2N6O4S. The van der Waals surface area contributed by atoms with Crippen molar-refractivity contribution in [2.75, 3.05) is 51.9 Å². The second-order valence-corrected chi connectivity index (χ2v) is 12.3. The van der Waals surface area contributed by atoms with Crippen molar-refractivity contribution in [3.8, 4) is 28.3 Å². The van der Waals surface area contributed by atoms with Crippen molar-refractivity contribution < 1.29 is 27.8 Å². The Labute approximate surface area is 269 Å². The Morgan fingerprint density at radius 1 is 1.13 bits per heavy atom. The zero-order valence-electron chi connectivity index (χ0n) is 26.0. The lowest BCUT2D eigenvalue weighted by Crippen LogP contribution is -2.40. The van der Waals surface area contributed by atoms with Crippen molar-refractivity contribution in [1.82, 2.24) is 25.0 Å². The van der Waals surface area contributed by atoms with Gasteiger partial charge in [-0.15, -0.1) is 11.3 Å². The van der Waals surface area contributed by atoms with Gasteiger partial charge in [0.15, 0.2) is 0 Å². The van der Waals surface area contributed by atoms with Crippen LogP contribution in [0.3, 0.4) is 0 Å². The fourth-order valence-corrected chi connectivity index (χ4v) is 7.35. The standard InChI is InChI=1S/C33H36F2N6O4S/c1-5-27(42)40-11-12-41-25(19(40)2)18-24(38-41)30-29(28-23(35)16-21(34)17-26(28)45-14-13-44-4)31-22(8-15-46-31)32(37-30)39-9-6-20(7-10-39)33(43)36-3/h5,8,15-20H,1,6-7,9-14H2,2-4H3,(H,36,43). The highest BCUT2D eigenvalue weighted by Gasteiger charge is 2.33. The van der Waals surface area contributed by atoms with E-state index >= 15 is 4.39 Å². The normalized spacial score (nSPS) is 16.8. The molecule has 2 amide bonds. The lowest BCUT2D eigenvalue weighted by molar-refractivity contribution is -0.129. The zero-order valence-corrected chi connectivity index (χ0v) is 26.8. The number of pyridine rings is 1. The van der Waals surface area contributed by atoms with E-state index in [0.717, 1.165) is 21.8 Å². The predicted molar refractivity (Wildman–Crippen MR) is 173 cm³/mol. The molecule has 3 aromatic heterocycles. The summed E-state index contributed by atoms with van der Waals surface area (Å²) < 4.78 is 44.2. The van der Waals surface area contributed by atoms with Gasteiger partial charge in [-0.25, -0.2) is 13.8 Å². The lowest BCUT2D eigenvalue weighted by Gasteiger charge is -2.33. The third-order valence-electron chi connectivity index (χ3n) is 8.77. The summed E-state index contributed by atoms with van der Waals surface area (Å²) in [4.78, 5) is 34.0. The van der Waals surface area contributed by atoms with Crippen LogP contribution in [0.2, 0.25) is 0 Å². The molecule has 1 N–H and O–H groups in total. The Kier molecular flexibility index (Phi) is 9.05. The number of hydrogen-bond donors (Lipinski definition) is 1. The average molecular weight is 651 g/mol. The number of rotatable bonds is 9. The summed E-state index contributed by atoms with van der Waals surface area (Å²) in [7, 11) is 3.17. The summed E-state index contributed by atoms with van der Waals surface area (Å²) in [6, 6.07) is 5.57. The van der Waals surface area contributed by atoms with E-state index < -0.39 is 11.6 Å². The third kappa shape index (κ3) is 5.73. The van der Waals surface area contributed by atoms with Crippen LogP contribution in [-0.4, -0.2) is 78.5 Å². The Morgan fingerprint density at radius 3 is 2.63 bits per heavy atom. The molecule has 0 spiro atoms. The number of nitrogens with zero attached hydrogens (tertiary/aromatic N) is 5. The molecule has 0 bridgehead atoms. The molecule has 1 atom stereocenters. The number of carbonyl (C=O) groups excluding carboxylic acids is 2. The number of anilines is 1. The molecule has 0 saturated carbocycles. The number of piperidine rings is 1. The van der Waals surface area contributed by atoms with Crippen molar-refractivity contribution in [1.29, 1.82) is 0 Å². The van der Waals surface area contributed by atoms with Crippen LogP contribution in [0.5, 0.6) is 5.75 Å². The molecule has 10 nitrogen and oxygen atoms in total. The Hall–Kier alpha value is -4.36. The Balaban J connectivity index is 1.55. The molecule has 5 heterocycles. The lowest BCUT2D eigenvalue weighted by atomic mass is 9.95. The largest absolute Gasteiger partial charge is 0.490 e. The van der Waals surface area contributed by atoms with Gasteiger partial charge in [-0.3, -0.25) is 14.3 Å². The summed E-state index contributed by atoms with van der Waals surface area (Å²) in [5, 5.41) is 10.4. The number of ether oxygens (including phenoxy) is 2. The first-order valence-electron chi connectivity index (χ1n) is 15.3. The molecule has 2 aliphatic rings. The molecule has 6 rings (SSSR count). The molecule has 46 heavy (non-hydrogen) atoms. The maximum Gasteiger partial charge on any atom is 0.246 e. The molecule has 2 aliphatic heterocycles. The van der Waals surface area contributed by atoms with Crippen molar-refractivity contribution in [3.05, 3.63) is 59.6 Å². The van der Waals surface area contributed by atoms with E-state index in [2.05, 4.69) is 16.8 Å². The Bertz CT molecular complexity index is 1800. The molecule has 0 radical (unpaired) electrons. The molecule has 1 saturated heterocycles. The highest BCUT2D eigenvalue weighted by molar-refractivity contribution is 7.18. The molecule has 1 fully saturated rings. The number of aromatic nitrogens is 3.